The topological polar surface area (TPSA) is 43.1 Å². The van der Waals surface area contributed by atoms with Gasteiger partial charge in [0.1, 0.15) is 5.78 Å². The van der Waals surface area contributed by atoms with Crippen LogP contribution < -0.4 is 5.73 Å². The second-order valence-electron chi connectivity index (χ2n) is 6.07. The van der Waals surface area contributed by atoms with Crippen molar-refractivity contribution in [2.24, 2.45) is 5.73 Å². The zero-order valence-electron chi connectivity index (χ0n) is 13.8. The molecule has 0 aromatic heterocycles. The Morgan fingerprint density at radius 3 is 1.50 bits per heavy atom. The third-order valence-corrected chi connectivity index (χ3v) is 3.97. The molecule has 0 rings (SSSR count). The molecule has 0 fully saturated rings. The number of unbranched alkanes of at least 4 members (excludes halogenated alkanes) is 11. The molecule has 0 aromatic carbocycles. The van der Waals surface area contributed by atoms with E-state index in [4.69, 9.17) is 5.73 Å². The summed E-state index contributed by atoms with van der Waals surface area (Å²) < 4.78 is 0. The predicted molar refractivity (Wildman–Crippen MR) is 89.0 cm³/mol. The fourth-order valence-electron chi connectivity index (χ4n) is 2.58. The number of hydrogen-bond donors (Lipinski definition) is 1. The number of ketones is 1. The maximum Gasteiger partial charge on any atom is 0.132 e. The molecule has 0 heterocycles. The summed E-state index contributed by atoms with van der Waals surface area (Å²) in [5.74, 6) is 0.460. The molecule has 0 aliphatic rings. The molecule has 2 nitrogen and oxygen atoms in total. The van der Waals surface area contributed by atoms with E-state index in [0.717, 1.165) is 45.1 Å². The first-order chi connectivity index (χ1) is 9.81. The van der Waals surface area contributed by atoms with Gasteiger partial charge in [0.05, 0.1) is 0 Å². The summed E-state index contributed by atoms with van der Waals surface area (Å²) in [5.41, 5.74) is 5.43. The quantitative estimate of drug-likeness (QED) is 0.386. The highest BCUT2D eigenvalue weighted by Gasteiger charge is 2.01. The van der Waals surface area contributed by atoms with Crippen molar-refractivity contribution in [3.8, 4) is 0 Å². The number of carbonyl (C=O) groups is 1. The Labute approximate surface area is 126 Å². The van der Waals surface area contributed by atoms with E-state index in [0.29, 0.717) is 5.78 Å². The molecular weight excluding hydrogens is 246 g/mol. The predicted octanol–water partition coefficient (Wildman–Crippen LogP) is 5.39. The fraction of sp³-hybridized carbons (Fsp3) is 0.944. The molecule has 2 N–H and O–H groups in total. The largest absolute Gasteiger partial charge is 0.330 e. The highest BCUT2D eigenvalue weighted by Crippen LogP contribution is 2.12. The Bertz CT molecular complexity index is 204. The Morgan fingerprint density at radius 1 is 0.650 bits per heavy atom. The second kappa shape index (κ2) is 16.7. The molecule has 20 heavy (non-hydrogen) atoms. The van der Waals surface area contributed by atoms with Crippen molar-refractivity contribution in [3.63, 3.8) is 0 Å². The van der Waals surface area contributed by atoms with E-state index >= 15 is 0 Å². The van der Waals surface area contributed by atoms with Crippen LogP contribution in [0.3, 0.4) is 0 Å². The zero-order chi connectivity index (χ0) is 14.9. The van der Waals surface area contributed by atoms with Gasteiger partial charge >= 0.3 is 0 Å². The minimum atomic E-state index is 0.460. The normalized spacial score (nSPS) is 10.9. The van der Waals surface area contributed by atoms with Gasteiger partial charge in [-0.1, -0.05) is 71.1 Å². The lowest BCUT2D eigenvalue weighted by Crippen LogP contribution is -2.00. The first-order valence-electron chi connectivity index (χ1n) is 9.03. The third kappa shape index (κ3) is 15.7. The summed E-state index contributed by atoms with van der Waals surface area (Å²) in [6, 6.07) is 0. The van der Waals surface area contributed by atoms with Crippen molar-refractivity contribution in [2.45, 2.75) is 103 Å². The van der Waals surface area contributed by atoms with Crippen LogP contribution in [0, 0.1) is 0 Å². The van der Waals surface area contributed by atoms with E-state index in [1.807, 2.05) is 0 Å². The van der Waals surface area contributed by atoms with Crippen molar-refractivity contribution in [3.05, 3.63) is 0 Å². The summed E-state index contributed by atoms with van der Waals surface area (Å²) in [7, 11) is 0. The number of carbonyl (C=O) groups excluding carboxylic acids is 1. The monoisotopic (exact) mass is 283 g/mol. The lowest BCUT2D eigenvalue weighted by Gasteiger charge is -2.03. The van der Waals surface area contributed by atoms with Crippen LogP contribution in [0.1, 0.15) is 103 Å². The van der Waals surface area contributed by atoms with Crippen LogP contribution >= 0.6 is 0 Å². The van der Waals surface area contributed by atoms with Gasteiger partial charge in [-0.15, -0.1) is 0 Å². The molecule has 0 aliphatic carbocycles. The van der Waals surface area contributed by atoms with Gasteiger partial charge in [-0.3, -0.25) is 4.79 Å². The molecule has 0 bridgehead atoms. The Morgan fingerprint density at radius 2 is 1.05 bits per heavy atom. The average molecular weight is 283 g/mol. The molecule has 0 saturated carbocycles. The lowest BCUT2D eigenvalue weighted by atomic mass is 10.0. The maximum atomic E-state index is 11.6. The summed E-state index contributed by atoms with van der Waals surface area (Å²) in [6.45, 7) is 3.02. The fourth-order valence-corrected chi connectivity index (χ4v) is 2.58. The Hall–Kier alpha value is -0.370. The molecule has 0 aliphatic heterocycles. The van der Waals surface area contributed by atoms with E-state index in [-0.39, 0.29) is 0 Å². The summed E-state index contributed by atoms with van der Waals surface area (Å²) in [4.78, 5) is 11.6. The van der Waals surface area contributed by atoms with Crippen molar-refractivity contribution in [2.75, 3.05) is 6.54 Å². The maximum absolute atomic E-state index is 11.6. The Kier molecular flexibility index (Phi) is 16.4. The molecule has 2 heteroatoms. The van der Waals surface area contributed by atoms with E-state index in [1.165, 1.54) is 57.8 Å². The minimum absolute atomic E-state index is 0.460. The molecule has 0 radical (unpaired) electrons. The van der Waals surface area contributed by atoms with Gasteiger partial charge in [0.15, 0.2) is 0 Å². The van der Waals surface area contributed by atoms with Gasteiger partial charge in [-0.05, 0) is 25.8 Å². The van der Waals surface area contributed by atoms with Crippen molar-refractivity contribution >= 4 is 5.78 Å². The molecule has 0 atom stereocenters. The van der Waals surface area contributed by atoms with Gasteiger partial charge in [0, 0.05) is 12.8 Å². The standard InChI is InChI=1S/C18H37NO/c1-2-3-4-5-6-7-8-9-10-12-15-18(20)16-13-11-14-17-19/h2-17,19H2,1H3. The van der Waals surface area contributed by atoms with Crippen LogP contribution in [0.2, 0.25) is 0 Å². The third-order valence-electron chi connectivity index (χ3n) is 3.97. The van der Waals surface area contributed by atoms with Crippen LogP contribution in [-0.4, -0.2) is 12.3 Å². The first kappa shape index (κ1) is 19.6. The van der Waals surface area contributed by atoms with Crippen LogP contribution in [0.15, 0.2) is 0 Å². The first-order valence-corrected chi connectivity index (χ1v) is 9.03. The van der Waals surface area contributed by atoms with Crippen molar-refractivity contribution in [1.29, 1.82) is 0 Å². The van der Waals surface area contributed by atoms with Gasteiger partial charge in [0.2, 0.25) is 0 Å². The smallest absolute Gasteiger partial charge is 0.132 e. The highest BCUT2D eigenvalue weighted by molar-refractivity contribution is 5.78. The summed E-state index contributed by atoms with van der Waals surface area (Å²) >= 11 is 0. The average Bonchev–Trinajstić information content (AvgIpc) is 2.45. The van der Waals surface area contributed by atoms with Crippen molar-refractivity contribution < 1.29 is 4.79 Å². The number of hydrogen-bond acceptors (Lipinski definition) is 2. The molecule has 0 amide bonds. The van der Waals surface area contributed by atoms with E-state index in [9.17, 15) is 4.79 Å². The number of Topliss-reactive ketones (excluding diaryl/α,β-unsaturated/α-hetero) is 1. The minimum Gasteiger partial charge on any atom is -0.330 e. The van der Waals surface area contributed by atoms with E-state index in [2.05, 4.69) is 6.92 Å². The Balaban J connectivity index is 3.09. The molecule has 0 unspecified atom stereocenters. The zero-order valence-corrected chi connectivity index (χ0v) is 13.8. The van der Waals surface area contributed by atoms with E-state index < -0.39 is 0 Å². The van der Waals surface area contributed by atoms with Gasteiger partial charge in [0.25, 0.3) is 0 Å². The molecule has 120 valence electrons. The molecule has 0 spiro atoms. The SMILES string of the molecule is CCCCCCCCCCCCC(=O)CCCCCN. The van der Waals surface area contributed by atoms with Crippen LogP contribution in [-0.2, 0) is 4.79 Å². The summed E-state index contributed by atoms with van der Waals surface area (Å²) in [6.07, 6.45) is 18.1. The molecule has 0 aromatic rings. The van der Waals surface area contributed by atoms with Gasteiger partial charge < -0.3 is 5.73 Å². The summed E-state index contributed by atoms with van der Waals surface area (Å²) in [5, 5.41) is 0. The van der Waals surface area contributed by atoms with Crippen LogP contribution in [0.5, 0.6) is 0 Å². The second-order valence-corrected chi connectivity index (χ2v) is 6.07. The van der Waals surface area contributed by atoms with Crippen LogP contribution in [0.4, 0.5) is 0 Å². The number of nitrogens with two attached hydrogens (primary N) is 1. The van der Waals surface area contributed by atoms with Crippen LogP contribution in [0.25, 0.3) is 0 Å². The highest BCUT2D eigenvalue weighted by atomic mass is 16.1. The number of rotatable bonds is 16. The van der Waals surface area contributed by atoms with E-state index in [1.54, 1.807) is 0 Å². The molecule has 0 saturated heterocycles. The molecular formula is C18H37NO. The lowest BCUT2D eigenvalue weighted by molar-refractivity contribution is -0.119. The van der Waals surface area contributed by atoms with Gasteiger partial charge in [-0.25, -0.2) is 0 Å². The van der Waals surface area contributed by atoms with Gasteiger partial charge in [-0.2, -0.15) is 0 Å². The van der Waals surface area contributed by atoms with Crippen molar-refractivity contribution in [1.82, 2.24) is 0 Å².